The molecule has 1 fully saturated rings. The van der Waals surface area contributed by atoms with E-state index in [4.69, 9.17) is 0 Å². The number of benzene rings is 1. The summed E-state index contributed by atoms with van der Waals surface area (Å²) in [6, 6.07) is 7.58. The second-order valence-electron chi connectivity index (χ2n) is 7.26. The van der Waals surface area contributed by atoms with Crippen LogP contribution in [0.1, 0.15) is 44.6 Å². The lowest BCUT2D eigenvalue weighted by Crippen LogP contribution is -3.16. The summed E-state index contributed by atoms with van der Waals surface area (Å²) in [6.07, 6.45) is 6.21. The molecule has 0 bridgehead atoms. The van der Waals surface area contributed by atoms with Crippen LogP contribution in [0.3, 0.4) is 0 Å². The normalized spacial score (nSPS) is 17.2. The Labute approximate surface area is 151 Å². The number of quaternary nitrogens is 1. The molecule has 138 valence electrons. The van der Waals surface area contributed by atoms with Gasteiger partial charge in [-0.25, -0.2) is 0 Å². The molecule has 1 aliphatic heterocycles. The van der Waals surface area contributed by atoms with Crippen molar-refractivity contribution in [1.82, 2.24) is 4.90 Å². The highest BCUT2D eigenvalue weighted by atomic mass is 16.2. The topological polar surface area (TPSA) is 53.9 Å². The maximum Gasteiger partial charge on any atom is 0.280 e. The molecule has 5 nitrogen and oxygen atoms in total. The molecule has 2 amide bonds. The van der Waals surface area contributed by atoms with Crippen molar-refractivity contribution in [2.24, 2.45) is 0 Å². The van der Waals surface area contributed by atoms with Gasteiger partial charge in [-0.3, -0.25) is 9.59 Å². The Morgan fingerprint density at radius 3 is 2.24 bits per heavy atom. The van der Waals surface area contributed by atoms with Crippen molar-refractivity contribution in [2.75, 3.05) is 32.0 Å². The zero-order valence-electron chi connectivity index (χ0n) is 15.8. The number of hydrogen-bond acceptors (Lipinski definition) is 2. The van der Waals surface area contributed by atoms with Gasteiger partial charge in [-0.1, -0.05) is 24.1 Å². The Morgan fingerprint density at radius 1 is 1.08 bits per heavy atom. The first-order chi connectivity index (χ1) is 12.0. The Kier molecular flexibility index (Phi) is 7.44. The van der Waals surface area contributed by atoms with Crippen molar-refractivity contribution >= 4 is 17.5 Å². The molecule has 1 aliphatic rings. The number of rotatable bonds is 5. The average molecular weight is 346 g/mol. The molecule has 0 spiro atoms. The van der Waals surface area contributed by atoms with Crippen LogP contribution in [0.4, 0.5) is 5.69 Å². The molecule has 0 unspecified atom stereocenters. The van der Waals surface area contributed by atoms with E-state index in [1.807, 2.05) is 38.1 Å². The molecule has 0 aliphatic carbocycles. The van der Waals surface area contributed by atoms with E-state index in [-0.39, 0.29) is 24.4 Å². The summed E-state index contributed by atoms with van der Waals surface area (Å²) >= 11 is 0. The number of amides is 2. The predicted octanol–water partition coefficient (Wildman–Crippen LogP) is 1.63. The van der Waals surface area contributed by atoms with E-state index in [1.165, 1.54) is 37.0 Å². The number of aryl methyl sites for hydroxylation is 1. The van der Waals surface area contributed by atoms with Crippen LogP contribution in [0.25, 0.3) is 0 Å². The Morgan fingerprint density at radius 2 is 1.64 bits per heavy atom. The zero-order chi connectivity index (χ0) is 18.2. The van der Waals surface area contributed by atoms with E-state index in [0.717, 1.165) is 24.3 Å². The fraction of sp³-hybridized carbons (Fsp3) is 0.600. The molecule has 1 aromatic carbocycles. The quantitative estimate of drug-likeness (QED) is 0.851. The molecule has 0 saturated carbocycles. The Bertz CT molecular complexity index is 563. The van der Waals surface area contributed by atoms with Crippen LogP contribution in [-0.2, 0) is 9.59 Å². The lowest BCUT2D eigenvalue weighted by molar-refractivity contribution is -0.915. The number of nitrogens with zero attached hydrogens (tertiary/aromatic N) is 1. The SMILES string of the molecule is Cc1ccc(NC(=O)CN(C)C(=O)[C@H](C)[NH+]2CCCCCCC2)cc1. The molecule has 1 saturated heterocycles. The van der Waals surface area contributed by atoms with E-state index in [2.05, 4.69) is 5.32 Å². The van der Waals surface area contributed by atoms with E-state index in [1.54, 1.807) is 11.9 Å². The van der Waals surface area contributed by atoms with Crippen LogP contribution in [-0.4, -0.2) is 49.4 Å². The van der Waals surface area contributed by atoms with Crippen molar-refractivity contribution in [3.8, 4) is 0 Å². The van der Waals surface area contributed by atoms with Gasteiger partial charge in [0.15, 0.2) is 6.04 Å². The standard InChI is InChI=1S/C20H31N3O2/c1-16-9-11-18(12-10-16)21-19(24)15-22(3)20(25)17(2)23-13-7-5-4-6-8-14-23/h9-12,17H,4-8,13-15H2,1-3H3,(H,21,24)/p+1/t17-/m0/s1. The second-order valence-corrected chi connectivity index (χ2v) is 7.26. The summed E-state index contributed by atoms with van der Waals surface area (Å²) in [7, 11) is 1.72. The number of anilines is 1. The van der Waals surface area contributed by atoms with Gasteiger partial charge in [-0.2, -0.15) is 0 Å². The number of nitrogens with one attached hydrogen (secondary N) is 2. The molecule has 1 heterocycles. The van der Waals surface area contributed by atoms with Crippen molar-refractivity contribution in [3.05, 3.63) is 29.8 Å². The van der Waals surface area contributed by atoms with Crippen LogP contribution in [0.5, 0.6) is 0 Å². The van der Waals surface area contributed by atoms with Crippen molar-refractivity contribution in [3.63, 3.8) is 0 Å². The third kappa shape index (κ3) is 6.16. The third-order valence-corrected chi connectivity index (χ3v) is 5.07. The molecular formula is C20H32N3O2+. The highest BCUT2D eigenvalue weighted by Gasteiger charge is 2.28. The Hall–Kier alpha value is -1.88. The summed E-state index contributed by atoms with van der Waals surface area (Å²) in [5.74, 6) is -0.107. The molecule has 2 N–H and O–H groups in total. The molecule has 25 heavy (non-hydrogen) atoms. The monoisotopic (exact) mass is 346 g/mol. The maximum atomic E-state index is 12.7. The van der Waals surface area contributed by atoms with Gasteiger partial charge < -0.3 is 15.1 Å². The minimum Gasteiger partial charge on any atom is -0.331 e. The molecule has 2 rings (SSSR count). The van der Waals surface area contributed by atoms with E-state index in [9.17, 15) is 9.59 Å². The van der Waals surface area contributed by atoms with Gasteiger partial charge in [-0.05, 0) is 51.7 Å². The van der Waals surface area contributed by atoms with E-state index < -0.39 is 0 Å². The second kappa shape index (κ2) is 9.56. The summed E-state index contributed by atoms with van der Waals surface area (Å²) in [5, 5.41) is 2.85. The van der Waals surface area contributed by atoms with E-state index in [0.29, 0.717) is 0 Å². The summed E-state index contributed by atoms with van der Waals surface area (Å²) < 4.78 is 0. The highest BCUT2D eigenvalue weighted by molar-refractivity contribution is 5.94. The maximum absolute atomic E-state index is 12.7. The molecular weight excluding hydrogens is 314 g/mol. The van der Waals surface area contributed by atoms with Gasteiger partial charge in [0, 0.05) is 12.7 Å². The summed E-state index contributed by atoms with van der Waals surface area (Å²) in [4.78, 5) is 27.8. The lowest BCUT2D eigenvalue weighted by atomic mass is 10.1. The smallest absolute Gasteiger partial charge is 0.280 e. The highest BCUT2D eigenvalue weighted by Crippen LogP contribution is 2.08. The number of likely N-dealkylation sites (tertiary alicyclic amines) is 1. The first-order valence-electron chi connectivity index (χ1n) is 9.43. The van der Waals surface area contributed by atoms with Gasteiger partial charge in [0.05, 0.1) is 19.6 Å². The Balaban J connectivity index is 1.85. The zero-order valence-corrected chi connectivity index (χ0v) is 15.8. The number of carbonyl (C=O) groups is 2. The number of likely N-dealkylation sites (N-methyl/N-ethyl adjacent to an activating group) is 1. The molecule has 1 aromatic rings. The molecule has 0 radical (unpaired) electrons. The van der Waals surface area contributed by atoms with Crippen molar-refractivity contribution < 1.29 is 14.5 Å². The predicted molar refractivity (Wildman–Crippen MR) is 101 cm³/mol. The van der Waals surface area contributed by atoms with Crippen LogP contribution >= 0.6 is 0 Å². The van der Waals surface area contributed by atoms with Crippen LogP contribution in [0.2, 0.25) is 0 Å². The van der Waals surface area contributed by atoms with Gasteiger partial charge in [0.2, 0.25) is 5.91 Å². The van der Waals surface area contributed by atoms with Gasteiger partial charge >= 0.3 is 0 Å². The van der Waals surface area contributed by atoms with E-state index >= 15 is 0 Å². The molecule has 0 aromatic heterocycles. The van der Waals surface area contributed by atoms with Crippen LogP contribution in [0, 0.1) is 6.92 Å². The fourth-order valence-corrected chi connectivity index (χ4v) is 3.43. The fourth-order valence-electron chi connectivity index (χ4n) is 3.43. The summed E-state index contributed by atoms with van der Waals surface area (Å²) in [5.41, 5.74) is 1.91. The van der Waals surface area contributed by atoms with Crippen LogP contribution < -0.4 is 10.2 Å². The van der Waals surface area contributed by atoms with Gasteiger partial charge in [-0.15, -0.1) is 0 Å². The largest absolute Gasteiger partial charge is 0.331 e. The average Bonchev–Trinajstić information content (AvgIpc) is 2.55. The first-order valence-corrected chi connectivity index (χ1v) is 9.43. The minimum atomic E-state index is -0.158. The lowest BCUT2D eigenvalue weighted by Gasteiger charge is -2.29. The van der Waals surface area contributed by atoms with Gasteiger partial charge in [0.25, 0.3) is 5.91 Å². The number of carbonyl (C=O) groups excluding carboxylic acids is 2. The summed E-state index contributed by atoms with van der Waals surface area (Å²) in [6.45, 7) is 6.19. The van der Waals surface area contributed by atoms with Crippen LogP contribution in [0.15, 0.2) is 24.3 Å². The van der Waals surface area contributed by atoms with Crippen molar-refractivity contribution in [2.45, 2.75) is 52.0 Å². The molecule has 5 heteroatoms. The molecule has 1 atom stereocenters. The third-order valence-electron chi connectivity index (χ3n) is 5.07. The minimum absolute atomic E-state index is 0.0506. The van der Waals surface area contributed by atoms with Gasteiger partial charge in [0.1, 0.15) is 0 Å². The first kappa shape index (κ1) is 19.4. The van der Waals surface area contributed by atoms with Crippen molar-refractivity contribution in [1.29, 1.82) is 0 Å². The number of hydrogen-bond donors (Lipinski definition) is 2.